The molecule has 1 rings (SSSR count). The number of hydrogen-bond acceptors (Lipinski definition) is 3. The maximum atomic E-state index is 13.0. The number of carbonyl (C=O) groups is 2. The van der Waals surface area contributed by atoms with Crippen molar-refractivity contribution in [2.45, 2.75) is 0 Å². The molecule has 0 heterocycles. The van der Waals surface area contributed by atoms with Crippen LogP contribution in [0.3, 0.4) is 0 Å². The maximum absolute atomic E-state index is 13.0. The molecule has 1 aromatic carbocycles. The van der Waals surface area contributed by atoms with Crippen molar-refractivity contribution >= 4 is 11.9 Å². The number of carbonyl (C=O) groups excluding carboxylic acids is 2. The summed E-state index contributed by atoms with van der Waals surface area (Å²) in [4.78, 5) is 24.3. The number of benzene rings is 1. The molecule has 86 valence electrons. The van der Waals surface area contributed by atoms with Gasteiger partial charge in [-0.2, -0.15) is 0 Å². The molecule has 1 N–H and O–H groups in total. The van der Waals surface area contributed by atoms with Gasteiger partial charge in [0.25, 0.3) is 5.91 Å². The molecular weight excluding hydrogens is 227 g/mol. The molecule has 7 heteroatoms. The number of rotatable bonds is 3. The Labute approximate surface area is 87.9 Å². The smallest absolute Gasteiger partial charge is 0.341 e. The van der Waals surface area contributed by atoms with Gasteiger partial charge in [-0.25, -0.2) is 13.6 Å². The minimum atomic E-state index is -1.37. The molecule has 0 unspecified atom stereocenters. The van der Waals surface area contributed by atoms with Gasteiger partial charge in [-0.05, 0) is 12.1 Å². The fraction of sp³-hybridized carbons (Fsp3) is 0.111. The van der Waals surface area contributed by atoms with Crippen LogP contribution in [-0.4, -0.2) is 18.4 Å². The zero-order valence-electron chi connectivity index (χ0n) is 7.80. The van der Waals surface area contributed by atoms with Crippen LogP contribution in [0.25, 0.3) is 0 Å². The average Bonchev–Trinajstić information content (AvgIpc) is 2.25. The SMILES string of the molecule is O=C(CNC(=O)c1c(F)cccc1F)OF. The highest BCUT2D eigenvalue weighted by Gasteiger charge is 2.17. The van der Waals surface area contributed by atoms with E-state index < -0.39 is 35.6 Å². The largest absolute Gasteiger partial charge is 0.367 e. The lowest BCUT2D eigenvalue weighted by Gasteiger charge is -2.04. The summed E-state index contributed by atoms with van der Waals surface area (Å²) in [5.74, 6) is -4.69. The van der Waals surface area contributed by atoms with Gasteiger partial charge >= 0.3 is 5.97 Å². The minimum Gasteiger partial charge on any atom is -0.341 e. The molecule has 16 heavy (non-hydrogen) atoms. The Morgan fingerprint density at radius 2 is 1.81 bits per heavy atom. The molecule has 0 aliphatic carbocycles. The summed E-state index contributed by atoms with van der Waals surface area (Å²) >= 11 is 0. The summed E-state index contributed by atoms with van der Waals surface area (Å²) in [6.07, 6.45) is 0. The standard InChI is InChI=1S/C9H6F3NO3/c10-5-2-1-3-6(11)8(5)9(15)13-4-7(14)16-12/h1-3H,4H2,(H,13,15). The van der Waals surface area contributed by atoms with Gasteiger partial charge in [-0.3, -0.25) is 9.74 Å². The van der Waals surface area contributed by atoms with Crippen LogP contribution in [0.4, 0.5) is 13.3 Å². The third-order valence-corrected chi connectivity index (χ3v) is 1.67. The lowest BCUT2D eigenvalue weighted by Crippen LogP contribution is -2.31. The normalized spacial score (nSPS) is 9.69. The summed E-state index contributed by atoms with van der Waals surface area (Å²) in [7, 11) is 0. The molecule has 0 bridgehead atoms. The molecule has 0 saturated carbocycles. The van der Waals surface area contributed by atoms with Gasteiger partial charge in [0, 0.05) is 4.53 Å². The highest BCUT2D eigenvalue weighted by molar-refractivity contribution is 5.96. The maximum Gasteiger partial charge on any atom is 0.367 e. The van der Waals surface area contributed by atoms with Gasteiger partial charge in [-0.1, -0.05) is 6.07 Å². The molecule has 0 saturated heterocycles. The van der Waals surface area contributed by atoms with Crippen LogP contribution in [-0.2, 0) is 9.74 Å². The van der Waals surface area contributed by atoms with E-state index in [4.69, 9.17) is 0 Å². The van der Waals surface area contributed by atoms with E-state index in [1.807, 2.05) is 0 Å². The Morgan fingerprint density at radius 1 is 1.25 bits per heavy atom. The van der Waals surface area contributed by atoms with Crippen LogP contribution in [0, 0.1) is 11.6 Å². The molecule has 1 amide bonds. The lowest BCUT2D eigenvalue weighted by atomic mass is 10.2. The van der Waals surface area contributed by atoms with Crippen molar-refractivity contribution in [1.29, 1.82) is 0 Å². The highest BCUT2D eigenvalue weighted by atomic mass is 19.3. The summed E-state index contributed by atoms with van der Waals surface area (Å²) < 4.78 is 37.3. The summed E-state index contributed by atoms with van der Waals surface area (Å²) in [5, 5.41) is 1.80. The first-order valence-corrected chi connectivity index (χ1v) is 4.10. The van der Waals surface area contributed by atoms with Crippen molar-refractivity contribution in [3.05, 3.63) is 35.4 Å². The Hall–Kier alpha value is -2.05. The van der Waals surface area contributed by atoms with Gasteiger partial charge in [-0.15, -0.1) is 0 Å². The number of amides is 1. The van der Waals surface area contributed by atoms with Crippen molar-refractivity contribution in [2.24, 2.45) is 0 Å². The molecule has 4 nitrogen and oxygen atoms in total. The van der Waals surface area contributed by atoms with Gasteiger partial charge in [0.1, 0.15) is 23.7 Å². The van der Waals surface area contributed by atoms with Crippen molar-refractivity contribution in [3.8, 4) is 0 Å². The third kappa shape index (κ3) is 2.72. The second-order valence-corrected chi connectivity index (χ2v) is 2.73. The zero-order chi connectivity index (χ0) is 12.1. The topological polar surface area (TPSA) is 55.4 Å². The van der Waals surface area contributed by atoms with E-state index in [2.05, 4.69) is 4.94 Å². The Kier molecular flexibility index (Phi) is 3.87. The fourth-order valence-electron chi connectivity index (χ4n) is 0.983. The first-order chi connectivity index (χ1) is 7.56. The van der Waals surface area contributed by atoms with E-state index in [-0.39, 0.29) is 0 Å². The number of halogens is 3. The molecule has 0 spiro atoms. The Morgan fingerprint density at radius 3 is 2.31 bits per heavy atom. The third-order valence-electron chi connectivity index (χ3n) is 1.67. The molecular formula is C9H6F3NO3. The van der Waals surface area contributed by atoms with Crippen LogP contribution in [0.15, 0.2) is 18.2 Å². The van der Waals surface area contributed by atoms with Gasteiger partial charge in [0.15, 0.2) is 0 Å². The zero-order valence-corrected chi connectivity index (χ0v) is 7.80. The van der Waals surface area contributed by atoms with Gasteiger partial charge in [0.2, 0.25) is 0 Å². The quantitative estimate of drug-likeness (QED) is 0.851. The predicted octanol–water partition coefficient (Wildman–Crippen LogP) is 1.12. The highest BCUT2D eigenvalue weighted by Crippen LogP contribution is 2.11. The van der Waals surface area contributed by atoms with Crippen LogP contribution < -0.4 is 5.32 Å². The summed E-state index contributed by atoms with van der Waals surface area (Å²) in [6, 6.07) is 2.84. The van der Waals surface area contributed by atoms with Crippen LogP contribution >= 0.6 is 0 Å². The molecule has 0 atom stereocenters. The monoisotopic (exact) mass is 233 g/mol. The van der Waals surface area contributed by atoms with E-state index >= 15 is 0 Å². The molecule has 0 radical (unpaired) electrons. The number of hydrogen-bond donors (Lipinski definition) is 1. The van der Waals surface area contributed by atoms with E-state index in [1.54, 1.807) is 5.32 Å². The molecule has 1 aromatic rings. The van der Waals surface area contributed by atoms with Crippen molar-refractivity contribution in [3.63, 3.8) is 0 Å². The second kappa shape index (κ2) is 5.15. The lowest BCUT2D eigenvalue weighted by molar-refractivity contribution is -0.182. The second-order valence-electron chi connectivity index (χ2n) is 2.73. The van der Waals surface area contributed by atoms with E-state index in [0.717, 1.165) is 18.2 Å². The van der Waals surface area contributed by atoms with Gasteiger partial charge < -0.3 is 5.32 Å². The minimum absolute atomic E-state index is 0.816. The van der Waals surface area contributed by atoms with Crippen LogP contribution in [0.5, 0.6) is 0 Å². The van der Waals surface area contributed by atoms with E-state index in [1.165, 1.54) is 0 Å². The average molecular weight is 233 g/mol. The first-order valence-electron chi connectivity index (χ1n) is 4.10. The predicted molar refractivity (Wildman–Crippen MR) is 45.9 cm³/mol. The van der Waals surface area contributed by atoms with Crippen LogP contribution in [0.1, 0.15) is 10.4 Å². The van der Waals surface area contributed by atoms with Crippen molar-refractivity contribution in [1.82, 2.24) is 5.32 Å². The van der Waals surface area contributed by atoms with Crippen molar-refractivity contribution < 1.29 is 27.8 Å². The number of nitrogens with one attached hydrogen (secondary N) is 1. The molecule has 0 aliphatic rings. The summed E-state index contributed by atoms with van der Waals surface area (Å²) in [6.45, 7) is -0.816. The van der Waals surface area contributed by atoms with E-state index in [9.17, 15) is 22.9 Å². The fourth-order valence-corrected chi connectivity index (χ4v) is 0.983. The van der Waals surface area contributed by atoms with Gasteiger partial charge in [0.05, 0.1) is 0 Å². The van der Waals surface area contributed by atoms with Crippen molar-refractivity contribution in [2.75, 3.05) is 6.54 Å². The van der Waals surface area contributed by atoms with Crippen LogP contribution in [0.2, 0.25) is 0 Å². The molecule has 0 aliphatic heterocycles. The molecule has 0 aromatic heterocycles. The summed E-state index contributed by atoms with van der Waals surface area (Å²) in [5.41, 5.74) is -0.839. The van der Waals surface area contributed by atoms with E-state index in [0.29, 0.717) is 0 Å². The Bertz CT molecular complexity index is 402. The molecule has 0 fully saturated rings. The Balaban J connectivity index is 2.77. The first kappa shape index (κ1) is 12.0.